The molecule has 0 saturated carbocycles. The Morgan fingerprint density at radius 2 is 2.22 bits per heavy atom. The van der Waals surface area contributed by atoms with Gasteiger partial charge in [0.05, 0.1) is 4.92 Å². The molecule has 0 radical (unpaired) electrons. The van der Waals surface area contributed by atoms with Gasteiger partial charge in [-0.05, 0) is 18.6 Å². The van der Waals surface area contributed by atoms with Gasteiger partial charge >= 0.3 is 0 Å². The Morgan fingerprint density at radius 3 is 2.78 bits per heavy atom. The van der Waals surface area contributed by atoms with E-state index in [0.717, 1.165) is 0 Å². The summed E-state index contributed by atoms with van der Waals surface area (Å²) in [4.78, 5) is 21.7. The van der Waals surface area contributed by atoms with E-state index in [1.165, 1.54) is 25.2 Å². The van der Waals surface area contributed by atoms with Gasteiger partial charge < -0.3 is 15.7 Å². The van der Waals surface area contributed by atoms with Crippen molar-refractivity contribution >= 4 is 17.3 Å². The number of aliphatic hydroxyl groups excluding tert-OH is 1. The van der Waals surface area contributed by atoms with Gasteiger partial charge in [0.2, 0.25) is 0 Å². The highest BCUT2D eigenvalue weighted by molar-refractivity contribution is 5.95. The van der Waals surface area contributed by atoms with Crippen LogP contribution in [0.1, 0.15) is 16.8 Å². The maximum Gasteiger partial charge on any atom is 0.293 e. The molecule has 18 heavy (non-hydrogen) atoms. The number of amides is 1. The molecule has 0 unspecified atom stereocenters. The molecule has 7 heteroatoms. The van der Waals surface area contributed by atoms with Crippen LogP contribution in [0.3, 0.4) is 0 Å². The Kier molecular flexibility index (Phi) is 5.06. The molecule has 0 fully saturated rings. The molecule has 1 rings (SSSR count). The van der Waals surface area contributed by atoms with Gasteiger partial charge in [0.15, 0.2) is 0 Å². The largest absolute Gasteiger partial charge is 0.396 e. The van der Waals surface area contributed by atoms with Crippen LogP contribution >= 0.6 is 0 Å². The van der Waals surface area contributed by atoms with E-state index in [1.807, 2.05) is 0 Å². The van der Waals surface area contributed by atoms with Gasteiger partial charge in [0, 0.05) is 31.8 Å². The van der Waals surface area contributed by atoms with Gasteiger partial charge in [-0.3, -0.25) is 14.9 Å². The summed E-state index contributed by atoms with van der Waals surface area (Å²) in [5.74, 6) is -0.375. The average molecular weight is 253 g/mol. The molecular weight excluding hydrogens is 238 g/mol. The smallest absolute Gasteiger partial charge is 0.293 e. The predicted molar refractivity (Wildman–Crippen MR) is 66.7 cm³/mol. The summed E-state index contributed by atoms with van der Waals surface area (Å²) < 4.78 is 0. The quantitative estimate of drug-likeness (QED) is 0.394. The molecule has 0 saturated heterocycles. The average Bonchev–Trinajstić information content (AvgIpc) is 2.38. The second-order valence-corrected chi connectivity index (χ2v) is 3.57. The maximum atomic E-state index is 11.4. The lowest BCUT2D eigenvalue weighted by molar-refractivity contribution is -0.384. The Labute approximate surface area is 104 Å². The fourth-order valence-electron chi connectivity index (χ4n) is 1.42. The molecule has 98 valence electrons. The minimum Gasteiger partial charge on any atom is -0.396 e. The number of nitrogens with zero attached hydrogens (tertiary/aromatic N) is 1. The zero-order valence-corrected chi connectivity index (χ0v) is 9.97. The Hall–Kier alpha value is -2.15. The highest BCUT2D eigenvalue weighted by atomic mass is 16.6. The Balaban J connectivity index is 2.97. The number of hydrogen-bond acceptors (Lipinski definition) is 5. The van der Waals surface area contributed by atoms with Crippen LogP contribution in [0.2, 0.25) is 0 Å². The summed E-state index contributed by atoms with van der Waals surface area (Å²) in [6, 6.07) is 4.22. The third-order valence-corrected chi connectivity index (χ3v) is 2.33. The lowest BCUT2D eigenvalue weighted by Crippen LogP contribution is -2.18. The van der Waals surface area contributed by atoms with Crippen molar-refractivity contribution in [2.75, 3.05) is 25.5 Å². The van der Waals surface area contributed by atoms with Crippen LogP contribution < -0.4 is 10.6 Å². The summed E-state index contributed by atoms with van der Waals surface area (Å²) in [6.45, 7) is 0.438. The number of rotatable bonds is 6. The van der Waals surface area contributed by atoms with Crippen molar-refractivity contribution in [2.45, 2.75) is 6.42 Å². The fourth-order valence-corrected chi connectivity index (χ4v) is 1.42. The zero-order valence-electron chi connectivity index (χ0n) is 9.97. The number of carbonyl (C=O) groups is 1. The van der Waals surface area contributed by atoms with Crippen molar-refractivity contribution in [3.63, 3.8) is 0 Å². The van der Waals surface area contributed by atoms with Gasteiger partial charge in [0.1, 0.15) is 5.69 Å². The number of aliphatic hydroxyl groups is 1. The molecule has 0 aliphatic carbocycles. The Morgan fingerprint density at radius 1 is 1.50 bits per heavy atom. The highest BCUT2D eigenvalue weighted by Gasteiger charge is 2.16. The third kappa shape index (κ3) is 3.42. The molecule has 0 spiro atoms. The summed E-state index contributed by atoms with van der Waals surface area (Å²) in [7, 11) is 1.46. The summed E-state index contributed by atoms with van der Waals surface area (Å²) in [5, 5.41) is 24.8. The van der Waals surface area contributed by atoms with Crippen LogP contribution in [0.15, 0.2) is 18.2 Å². The lowest BCUT2D eigenvalue weighted by atomic mass is 10.1. The Bertz CT molecular complexity index is 448. The first-order chi connectivity index (χ1) is 8.60. The zero-order chi connectivity index (χ0) is 13.5. The first-order valence-electron chi connectivity index (χ1n) is 5.45. The van der Waals surface area contributed by atoms with Crippen molar-refractivity contribution in [2.24, 2.45) is 0 Å². The van der Waals surface area contributed by atoms with Crippen LogP contribution in [0.25, 0.3) is 0 Å². The first kappa shape index (κ1) is 13.9. The van der Waals surface area contributed by atoms with Crippen LogP contribution in [0, 0.1) is 10.1 Å². The van der Waals surface area contributed by atoms with E-state index in [0.29, 0.717) is 18.7 Å². The molecule has 0 aromatic heterocycles. The first-order valence-corrected chi connectivity index (χ1v) is 5.45. The monoisotopic (exact) mass is 253 g/mol. The molecular formula is C11H15N3O4. The van der Waals surface area contributed by atoms with Crippen LogP contribution in [0.4, 0.5) is 11.4 Å². The van der Waals surface area contributed by atoms with Crippen LogP contribution in [-0.2, 0) is 0 Å². The van der Waals surface area contributed by atoms with Gasteiger partial charge in [-0.1, -0.05) is 0 Å². The lowest BCUT2D eigenvalue weighted by Gasteiger charge is -2.07. The molecule has 7 nitrogen and oxygen atoms in total. The van der Waals surface area contributed by atoms with E-state index in [-0.39, 0.29) is 23.8 Å². The molecule has 1 amide bonds. The van der Waals surface area contributed by atoms with Crippen molar-refractivity contribution in [1.82, 2.24) is 5.32 Å². The molecule has 0 bridgehead atoms. The molecule has 0 aliphatic rings. The standard InChI is InChI=1S/C11H15N3O4/c1-12-11(16)8-3-4-9(13-5-2-6-15)10(7-8)14(17)18/h3-4,7,13,15H,2,5-6H2,1H3,(H,12,16). The van der Waals surface area contributed by atoms with Gasteiger partial charge in [-0.15, -0.1) is 0 Å². The second kappa shape index (κ2) is 6.55. The maximum absolute atomic E-state index is 11.4. The summed E-state index contributed by atoms with van der Waals surface area (Å²) in [5.41, 5.74) is 0.409. The van der Waals surface area contributed by atoms with Crippen LogP contribution in [-0.4, -0.2) is 36.1 Å². The molecule has 1 aromatic carbocycles. The van der Waals surface area contributed by atoms with Gasteiger partial charge in [0.25, 0.3) is 11.6 Å². The van der Waals surface area contributed by atoms with E-state index in [4.69, 9.17) is 5.11 Å². The molecule has 0 aliphatic heterocycles. The molecule has 3 N–H and O–H groups in total. The van der Waals surface area contributed by atoms with E-state index >= 15 is 0 Å². The van der Waals surface area contributed by atoms with Crippen molar-refractivity contribution in [3.8, 4) is 0 Å². The van der Waals surface area contributed by atoms with Gasteiger partial charge in [-0.25, -0.2) is 0 Å². The molecule has 0 atom stereocenters. The number of anilines is 1. The number of hydrogen-bond donors (Lipinski definition) is 3. The normalized spacial score (nSPS) is 9.89. The predicted octanol–water partition coefficient (Wildman–Crippen LogP) is 0.749. The van der Waals surface area contributed by atoms with Crippen LogP contribution in [0.5, 0.6) is 0 Å². The highest BCUT2D eigenvalue weighted by Crippen LogP contribution is 2.25. The van der Waals surface area contributed by atoms with Crippen molar-refractivity contribution < 1.29 is 14.8 Å². The van der Waals surface area contributed by atoms with Gasteiger partial charge in [-0.2, -0.15) is 0 Å². The van der Waals surface area contributed by atoms with E-state index in [9.17, 15) is 14.9 Å². The number of nitro groups is 1. The van der Waals surface area contributed by atoms with E-state index < -0.39 is 4.92 Å². The van der Waals surface area contributed by atoms with Crippen molar-refractivity contribution in [1.29, 1.82) is 0 Å². The summed E-state index contributed by atoms with van der Waals surface area (Å²) in [6.07, 6.45) is 0.494. The summed E-state index contributed by atoms with van der Waals surface area (Å²) >= 11 is 0. The minimum absolute atomic E-state index is 0.0110. The number of carbonyl (C=O) groups excluding carboxylic acids is 1. The molecule has 1 aromatic rings. The van der Waals surface area contributed by atoms with Crippen molar-refractivity contribution in [3.05, 3.63) is 33.9 Å². The SMILES string of the molecule is CNC(=O)c1ccc(NCCCO)c([N+](=O)[O-])c1. The van der Waals surface area contributed by atoms with E-state index in [1.54, 1.807) is 0 Å². The number of benzene rings is 1. The topological polar surface area (TPSA) is 104 Å². The number of nitro benzene ring substituents is 1. The molecule has 0 heterocycles. The second-order valence-electron chi connectivity index (χ2n) is 3.57. The fraction of sp³-hybridized carbons (Fsp3) is 0.364. The van der Waals surface area contributed by atoms with E-state index in [2.05, 4.69) is 10.6 Å². The minimum atomic E-state index is -0.548. The number of nitrogens with one attached hydrogen (secondary N) is 2. The third-order valence-electron chi connectivity index (χ3n) is 2.33.